The molecule has 1 aliphatic carbocycles. The van der Waals surface area contributed by atoms with E-state index in [0.717, 1.165) is 31.8 Å². The van der Waals surface area contributed by atoms with Crippen molar-refractivity contribution >= 4 is 17.5 Å². The standard InChI is InChI=1S/C22H32N4O4/c1-16(23-22(28)18-8-5-9-20(14-18)26(29)30)21(27)24-19-10-12-25(13-11-19)15-17-6-3-2-4-7-17/h5,8-9,14,16-17,19H,2-4,6-7,10-13,15H2,1H3,(H,23,28)(H,24,27). The molecule has 1 aromatic rings. The molecule has 0 aromatic heterocycles. The molecule has 2 fully saturated rings. The first-order valence-corrected chi connectivity index (χ1v) is 11.0. The van der Waals surface area contributed by atoms with Crippen LogP contribution in [0.5, 0.6) is 0 Å². The number of nitro benzene ring substituents is 1. The van der Waals surface area contributed by atoms with Crippen molar-refractivity contribution in [1.82, 2.24) is 15.5 Å². The molecule has 1 aliphatic heterocycles. The zero-order valence-corrected chi connectivity index (χ0v) is 17.6. The van der Waals surface area contributed by atoms with Crippen LogP contribution in [0.25, 0.3) is 0 Å². The smallest absolute Gasteiger partial charge is 0.270 e. The van der Waals surface area contributed by atoms with Gasteiger partial charge >= 0.3 is 0 Å². The third kappa shape index (κ3) is 6.26. The van der Waals surface area contributed by atoms with Gasteiger partial charge in [-0.25, -0.2) is 0 Å². The first kappa shape index (κ1) is 22.2. The molecule has 164 valence electrons. The second kappa shape index (κ2) is 10.5. The van der Waals surface area contributed by atoms with Crippen molar-refractivity contribution in [2.75, 3.05) is 19.6 Å². The van der Waals surface area contributed by atoms with Gasteiger partial charge in [-0.1, -0.05) is 25.3 Å². The Morgan fingerprint density at radius 1 is 1.17 bits per heavy atom. The fraction of sp³-hybridized carbons (Fsp3) is 0.636. The number of carbonyl (C=O) groups is 2. The van der Waals surface area contributed by atoms with Crippen LogP contribution < -0.4 is 10.6 Å². The lowest BCUT2D eigenvalue weighted by Crippen LogP contribution is -2.51. The van der Waals surface area contributed by atoms with E-state index in [4.69, 9.17) is 0 Å². The SMILES string of the molecule is CC(NC(=O)c1cccc([N+](=O)[O-])c1)C(=O)NC1CCN(CC2CCCCC2)CC1. The van der Waals surface area contributed by atoms with E-state index in [1.165, 1.54) is 62.9 Å². The summed E-state index contributed by atoms with van der Waals surface area (Å²) in [6.07, 6.45) is 8.62. The Hall–Kier alpha value is -2.48. The van der Waals surface area contributed by atoms with Gasteiger partial charge in [-0.3, -0.25) is 19.7 Å². The number of amides is 2. The summed E-state index contributed by atoms with van der Waals surface area (Å²) in [6, 6.07) is 4.90. The summed E-state index contributed by atoms with van der Waals surface area (Å²) in [5.74, 6) is 0.108. The van der Waals surface area contributed by atoms with Crippen LogP contribution in [0, 0.1) is 16.0 Å². The largest absolute Gasteiger partial charge is 0.351 e. The molecule has 1 unspecified atom stereocenters. The summed E-state index contributed by atoms with van der Waals surface area (Å²) in [7, 11) is 0. The van der Waals surface area contributed by atoms with Crippen LogP contribution in [0.15, 0.2) is 24.3 Å². The number of piperidine rings is 1. The highest BCUT2D eigenvalue weighted by Gasteiger charge is 2.25. The quantitative estimate of drug-likeness (QED) is 0.525. The van der Waals surface area contributed by atoms with Crippen molar-refractivity contribution in [2.24, 2.45) is 5.92 Å². The number of hydrogen-bond donors (Lipinski definition) is 2. The summed E-state index contributed by atoms with van der Waals surface area (Å²) in [6.45, 7) is 4.80. The second-order valence-electron chi connectivity index (χ2n) is 8.59. The van der Waals surface area contributed by atoms with Gasteiger partial charge in [-0.05, 0) is 44.6 Å². The van der Waals surface area contributed by atoms with Gasteiger partial charge in [0.1, 0.15) is 6.04 Å². The second-order valence-corrected chi connectivity index (χ2v) is 8.59. The van der Waals surface area contributed by atoms with Crippen molar-refractivity contribution in [3.63, 3.8) is 0 Å². The summed E-state index contributed by atoms with van der Waals surface area (Å²) < 4.78 is 0. The lowest BCUT2D eigenvalue weighted by molar-refractivity contribution is -0.384. The van der Waals surface area contributed by atoms with Crippen LogP contribution in [0.4, 0.5) is 5.69 Å². The van der Waals surface area contributed by atoms with Gasteiger partial charge in [-0.2, -0.15) is 0 Å². The number of nitrogens with one attached hydrogen (secondary N) is 2. The predicted octanol–water partition coefficient (Wildman–Crippen LogP) is 2.87. The molecule has 1 saturated heterocycles. The molecule has 0 spiro atoms. The Morgan fingerprint density at radius 3 is 2.53 bits per heavy atom. The summed E-state index contributed by atoms with van der Waals surface area (Å²) in [5, 5.41) is 16.5. The van der Waals surface area contributed by atoms with E-state index < -0.39 is 16.9 Å². The summed E-state index contributed by atoms with van der Waals surface area (Å²) in [4.78, 5) is 37.7. The van der Waals surface area contributed by atoms with Crippen LogP contribution in [0.2, 0.25) is 0 Å². The first-order valence-electron chi connectivity index (χ1n) is 11.0. The lowest BCUT2D eigenvalue weighted by Gasteiger charge is -2.35. The highest BCUT2D eigenvalue weighted by Crippen LogP contribution is 2.25. The number of nitro groups is 1. The van der Waals surface area contributed by atoms with Crippen LogP contribution in [-0.4, -0.2) is 53.4 Å². The summed E-state index contributed by atoms with van der Waals surface area (Å²) >= 11 is 0. The van der Waals surface area contributed by atoms with E-state index in [1.807, 2.05) is 0 Å². The maximum Gasteiger partial charge on any atom is 0.270 e. The predicted molar refractivity (Wildman–Crippen MR) is 114 cm³/mol. The Bertz CT molecular complexity index is 755. The number of hydrogen-bond acceptors (Lipinski definition) is 5. The van der Waals surface area contributed by atoms with Crippen LogP contribution in [-0.2, 0) is 4.79 Å². The number of non-ortho nitro benzene ring substituents is 1. The number of nitrogens with zero attached hydrogens (tertiary/aromatic N) is 2. The molecule has 2 amide bonds. The van der Waals surface area contributed by atoms with Crippen LogP contribution in [0.3, 0.4) is 0 Å². The van der Waals surface area contributed by atoms with Crippen molar-refractivity contribution in [1.29, 1.82) is 0 Å². The number of rotatable bonds is 7. The summed E-state index contributed by atoms with van der Waals surface area (Å²) in [5.41, 5.74) is 0.0135. The molecule has 8 heteroatoms. The monoisotopic (exact) mass is 416 g/mol. The van der Waals surface area contributed by atoms with E-state index in [2.05, 4.69) is 15.5 Å². The molecule has 30 heavy (non-hydrogen) atoms. The molecule has 2 aliphatic rings. The van der Waals surface area contributed by atoms with Crippen molar-refractivity contribution < 1.29 is 14.5 Å². The van der Waals surface area contributed by atoms with E-state index >= 15 is 0 Å². The minimum absolute atomic E-state index is 0.122. The molecule has 1 heterocycles. The van der Waals surface area contributed by atoms with E-state index in [1.54, 1.807) is 6.92 Å². The fourth-order valence-corrected chi connectivity index (χ4v) is 4.43. The molecular weight excluding hydrogens is 384 g/mol. The van der Waals surface area contributed by atoms with Gasteiger partial charge in [-0.15, -0.1) is 0 Å². The van der Waals surface area contributed by atoms with Crippen LogP contribution >= 0.6 is 0 Å². The minimum atomic E-state index is -0.711. The van der Waals surface area contributed by atoms with Gasteiger partial charge < -0.3 is 15.5 Å². The Kier molecular flexibility index (Phi) is 7.79. The molecule has 2 N–H and O–H groups in total. The molecule has 0 radical (unpaired) electrons. The molecule has 1 saturated carbocycles. The van der Waals surface area contributed by atoms with E-state index in [9.17, 15) is 19.7 Å². The maximum atomic E-state index is 12.5. The fourth-order valence-electron chi connectivity index (χ4n) is 4.43. The number of carbonyl (C=O) groups excluding carboxylic acids is 2. The normalized spacial score (nSPS) is 19.8. The van der Waals surface area contributed by atoms with Gasteiger partial charge in [0.05, 0.1) is 4.92 Å². The molecule has 1 atom stereocenters. The topological polar surface area (TPSA) is 105 Å². The highest BCUT2D eigenvalue weighted by molar-refractivity contribution is 5.97. The van der Waals surface area contributed by atoms with Gasteiger partial charge in [0.25, 0.3) is 11.6 Å². The minimum Gasteiger partial charge on any atom is -0.351 e. The highest BCUT2D eigenvalue weighted by atomic mass is 16.6. The molecule has 0 bridgehead atoms. The van der Waals surface area contributed by atoms with E-state index in [-0.39, 0.29) is 23.2 Å². The van der Waals surface area contributed by atoms with Gasteiger partial charge in [0.15, 0.2) is 0 Å². The molecule has 8 nitrogen and oxygen atoms in total. The Morgan fingerprint density at radius 2 is 1.87 bits per heavy atom. The lowest BCUT2D eigenvalue weighted by atomic mass is 9.88. The molecule has 3 rings (SSSR count). The first-order chi connectivity index (χ1) is 14.4. The number of benzene rings is 1. The van der Waals surface area contributed by atoms with Gasteiger partial charge in [0, 0.05) is 43.4 Å². The van der Waals surface area contributed by atoms with Crippen molar-refractivity contribution in [3.8, 4) is 0 Å². The third-order valence-corrected chi connectivity index (χ3v) is 6.24. The zero-order chi connectivity index (χ0) is 21.5. The van der Waals surface area contributed by atoms with E-state index in [0.29, 0.717) is 0 Å². The average Bonchev–Trinajstić information content (AvgIpc) is 2.75. The van der Waals surface area contributed by atoms with Crippen molar-refractivity contribution in [2.45, 2.75) is 64.0 Å². The third-order valence-electron chi connectivity index (χ3n) is 6.24. The molecular formula is C22H32N4O4. The Balaban J connectivity index is 1.41. The number of likely N-dealkylation sites (tertiary alicyclic amines) is 1. The average molecular weight is 417 g/mol. The molecule has 1 aromatic carbocycles. The van der Waals surface area contributed by atoms with Crippen LogP contribution in [0.1, 0.15) is 62.2 Å². The Labute approximate surface area is 177 Å². The maximum absolute atomic E-state index is 12.5. The zero-order valence-electron chi connectivity index (χ0n) is 17.6. The van der Waals surface area contributed by atoms with Crippen molar-refractivity contribution in [3.05, 3.63) is 39.9 Å². The van der Waals surface area contributed by atoms with Gasteiger partial charge in [0.2, 0.25) is 5.91 Å².